The Morgan fingerprint density at radius 3 is 3.06 bits per heavy atom. The van der Waals surface area contributed by atoms with Gasteiger partial charge in [0, 0.05) is 17.9 Å². The summed E-state index contributed by atoms with van der Waals surface area (Å²) >= 11 is 3.57. The van der Waals surface area contributed by atoms with Crippen molar-refractivity contribution in [1.29, 1.82) is 0 Å². The summed E-state index contributed by atoms with van der Waals surface area (Å²) in [6.07, 6.45) is 4.64. The molecule has 2 heterocycles. The molecule has 0 amide bonds. The molecule has 0 aliphatic carbocycles. The van der Waals surface area contributed by atoms with Crippen LogP contribution in [-0.4, -0.2) is 35.0 Å². The van der Waals surface area contributed by atoms with Crippen molar-refractivity contribution in [3.8, 4) is 5.88 Å². The van der Waals surface area contributed by atoms with E-state index in [1.807, 2.05) is 0 Å². The van der Waals surface area contributed by atoms with E-state index < -0.39 is 0 Å². The fourth-order valence-corrected chi connectivity index (χ4v) is 3.09. The molecule has 0 bridgehead atoms. The molecule has 2 rings (SSSR count). The van der Waals surface area contributed by atoms with Gasteiger partial charge in [0.1, 0.15) is 0 Å². The zero-order valence-electron chi connectivity index (χ0n) is 9.56. The van der Waals surface area contributed by atoms with Gasteiger partial charge in [-0.05, 0) is 12.3 Å². The van der Waals surface area contributed by atoms with Crippen LogP contribution in [0.1, 0.15) is 13.3 Å². The molecule has 1 aromatic heterocycles. The minimum Gasteiger partial charge on any atom is -0.480 e. The minimum atomic E-state index is 0.501. The van der Waals surface area contributed by atoms with Gasteiger partial charge in [0.05, 0.1) is 19.5 Å². The summed E-state index contributed by atoms with van der Waals surface area (Å²) in [5.41, 5.74) is 0. The van der Waals surface area contributed by atoms with E-state index in [4.69, 9.17) is 4.74 Å². The molecule has 16 heavy (non-hydrogen) atoms. The Balaban J connectivity index is 2.22. The van der Waals surface area contributed by atoms with E-state index in [-0.39, 0.29) is 0 Å². The third kappa shape index (κ3) is 2.14. The highest BCUT2D eigenvalue weighted by atomic mass is 79.9. The number of ether oxygens (including phenoxy) is 1. The molecule has 2 unspecified atom stereocenters. The number of hydrogen-bond acceptors (Lipinski definition) is 4. The number of rotatable bonds is 3. The molecule has 1 saturated heterocycles. The summed E-state index contributed by atoms with van der Waals surface area (Å²) in [6, 6.07) is 0.501. The monoisotopic (exact) mass is 285 g/mol. The Labute approximate surface area is 104 Å². The lowest BCUT2D eigenvalue weighted by Gasteiger charge is -2.26. The van der Waals surface area contributed by atoms with Gasteiger partial charge in [0.25, 0.3) is 0 Å². The van der Waals surface area contributed by atoms with Crippen molar-refractivity contribution >= 4 is 21.7 Å². The molecule has 0 saturated carbocycles. The Morgan fingerprint density at radius 2 is 2.38 bits per heavy atom. The molecule has 1 aliphatic rings. The molecular weight excluding hydrogens is 270 g/mol. The van der Waals surface area contributed by atoms with Gasteiger partial charge in [-0.15, -0.1) is 0 Å². The first-order chi connectivity index (χ1) is 7.76. The first-order valence-electron chi connectivity index (χ1n) is 5.45. The smallest absolute Gasteiger partial charge is 0.233 e. The topological polar surface area (TPSA) is 38.2 Å². The summed E-state index contributed by atoms with van der Waals surface area (Å²) in [7, 11) is 1.61. The van der Waals surface area contributed by atoms with E-state index in [1.54, 1.807) is 19.5 Å². The van der Waals surface area contributed by atoms with Crippen molar-refractivity contribution in [1.82, 2.24) is 9.97 Å². The predicted octanol–water partition coefficient (Wildman–Crippen LogP) is 2.09. The molecule has 1 fully saturated rings. The van der Waals surface area contributed by atoms with Crippen molar-refractivity contribution in [2.24, 2.45) is 5.92 Å². The first-order valence-corrected chi connectivity index (χ1v) is 6.57. The maximum absolute atomic E-state index is 5.10. The van der Waals surface area contributed by atoms with Crippen LogP contribution in [0.4, 0.5) is 5.82 Å². The van der Waals surface area contributed by atoms with E-state index in [1.165, 1.54) is 6.42 Å². The van der Waals surface area contributed by atoms with Crippen molar-refractivity contribution < 1.29 is 4.74 Å². The number of aromatic nitrogens is 2. The fraction of sp³-hybridized carbons (Fsp3) is 0.636. The highest BCUT2D eigenvalue weighted by molar-refractivity contribution is 9.09. The van der Waals surface area contributed by atoms with Crippen molar-refractivity contribution in [3.63, 3.8) is 0 Å². The highest BCUT2D eigenvalue weighted by Gasteiger charge is 2.31. The summed E-state index contributed by atoms with van der Waals surface area (Å²) in [5.74, 6) is 2.17. The average molecular weight is 286 g/mol. The number of halogens is 1. The third-order valence-electron chi connectivity index (χ3n) is 3.14. The molecule has 1 aliphatic heterocycles. The van der Waals surface area contributed by atoms with E-state index >= 15 is 0 Å². The molecule has 0 N–H and O–H groups in total. The Bertz CT molecular complexity index is 361. The second-order valence-electron chi connectivity index (χ2n) is 4.10. The van der Waals surface area contributed by atoms with E-state index in [9.17, 15) is 0 Å². The molecule has 1 aromatic rings. The SMILES string of the molecule is COc1cncc(N2CCC(C)C2CBr)n1. The second kappa shape index (κ2) is 4.99. The van der Waals surface area contributed by atoms with Crippen molar-refractivity contribution in [2.75, 3.05) is 23.9 Å². The third-order valence-corrected chi connectivity index (χ3v) is 3.81. The van der Waals surface area contributed by atoms with Crippen LogP contribution in [0.15, 0.2) is 12.4 Å². The van der Waals surface area contributed by atoms with Crippen LogP contribution in [0.25, 0.3) is 0 Å². The Kier molecular flexibility index (Phi) is 3.63. The predicted molar refractivity (Wildman–Crippen MR) is 67.3 cm³/mol. The van der Waals surface area contributed by atoms with Gasteiger partial charge in [-0.1, -0.05) is 22.9 Å². The first kappa shape index (κ1) is 11.6. The molecule has 4 nitrogen and oxygen atoms in total. The Morgan fingerprint density at radius 1 is 1.56 bits per heavy atom. The van der Waals surface area contributed by atoms with Crippen LogP contribution in [0.3, 0.4) is 0 Å². The van der Waals surface area contributed by atoms with Gasteiger partial charge in [0.2, 0.25) is 5.88 Å². The van der Waals surface area contributed by atoms with Gasteiger partial charge in [0.15, 0.2) is 5.82 Å². The van der Waals surface area contributed by atoms with Gasteiger partial charge < -0.3 is 9.64 Å². The van der Waals surface area contributed by atoms with Crippen molar-refractivity contribution in [2.45, 2.75) is 19.4 Å². The molecular formula is C11H16BrN3O. The van der Waals surface area contributed by atoms with Gasteiger partial charge in [-0.2, -0.15) is 4.98 Å². The normalized spacial score (nSPS) is 24.8. The average Bonchev–Trinajstić information content (AvgIpc) is 2.70. The zero-order chi connectivity index (χ0) is 11.5. The largest absolute Gasteiger partial charge is 0.480 e. The fourth-order valence-electron chi connectivity index (χ4n) is 2.10. The van der Waals surface area contributed by atoms with Crippen LogP contribution in [0.2, 0.25) is 0 Å². The van der Waals surface area contributed by atoms with Crippen LogP contribution >= 0.6 is 15.9 Å². The maximum atomic E-state index is 5.10. The van der Waals surface area contributed by atoms with E-state index in [0.717, 1.165) is 17.7 Å². The minimum absolute atomic E-state index is 0.501. The number of methoxy groups -OCH3 is 1. The van der Waals surface area contributed by atoms with Gasteiger partial charge in [-0.25, -0.2) is 0 Å². The number of hydrogen-bond donors (Lipinski definition) is 0. The molecule has 5 heteroatoms. The molecule has 0 spiro atoms. The lowest BCUT2D eigenvalue weighted by atomic mass is 10.1. The summed E-state index contributed by atoms with van der Waals surface area (Å²) in [4.78, 5) is 10.9. The maximum Gasteiger partial charge on any atom is 0.233 e. The van der Waals surface area contributed by atoms with Crippen LogP contribution < -0.4 is 9.64 Å². The number of alkyl halides is 1. The second-order valence-corrected chi connectivity index (χ2v) is 4.75. The summed E-state index contributed by atoms with van der Waals surface area (Å²) in [5, 5.41) is 0.965. The lowest BCUT2D eigenvalue weighted by molar-refractivity contribution is 0.395. The van der Waals surface area contributed by atoms with E-state index in [2.05, 4.69) is 37.7 Å². The summed E-state index contributed by atoms with van der Waals surface area (Å²) < 4.78 is 5.10. The Hall–Kier alpha value is -0.840. The zero-order valence-corrected chi connectivity index (χ0v) is 11.1. The number of nitrogens with zero attached hydrogens (tertiary/aromatic N) is 3. The lowest BCUT2D eigenvalue weighted by Crippen LogP contribution is -2.34. The number of anilines is 1. The molecule has 0 radical (unpaired) electrons. The molecule has 0 aromatic carbocycles. The molecule has 2 atom stereocenters. The van der Waals surface area contributed by atoms with Gasteiger partial charge >= 0.3 is 0 Å². The van der Waals surface area contributed by atoms with Crippen LogP contribution in [0, 0.1) is 5.92 Å². The van der Waals surface area contributed by atoms with E-state index in [0.29, 0.717) is 17.8 Å². The highest BCUT2D eigenvalue weighted by Crippen LogP contribution is 2.29. The summed E-state index contributed by atoms with van der Waals surface area (Å²) in [6.45, 7) is 3.32. The van der Waals surface area contributed by atoms with Crippen LogP contribution in [-0.2, 0) is 0 Å². The van der Waals surface area contributed by atoms with Gasteiger partial charge in [-0.3, -0.25) is 4.98 Å². The quantitative estimate of drug-likeness (QED) is 0.798. The standard InChI is InChI=1S/C11H16BrN3O/c1-8-3-4-15(9(8)5-12)10-6-13-7-11(14-10)16-2/h6-9H,3-5H2,1-2H3. The molecule has 88 valence electrons. The van der Waals surface area contributed by atoms with Crippen LogP contribution in [0.5, 0.6) is 5.88 Å². The van der Waals surface area contributed by atoms with Crippen molar-refractivity contribution in [3.05, 3.63) is 12.4 Å².